The summed E-state index contributed by atoms with van der Waals surface area (Å²) >= 11 is 0. The van der Waals surface area contributed by atoms with E-state index in [1.165, 1.54) is 0 Å². The molecule has 0 aliphatic rings. The van der Waals surface area contributed by atoms with Gasteiger partial charge in [0.2, 0.25) is 5.91 Å². The molecule has 0 saturated carbocycles. The third-order valence-electron chi connectivity index (χ3n) is 3.45. The van der Waals surface area contributed by atoms with E-state index in [9.17, 15) is 4.79 Å². The molecule has 1 amide bonds. The molecule has 0 aliphatic carbocycles. The van der Waals surface area contributed by atoms with Gasteiger partial charge in [0.05, 0.1) is 0 Å². The van der Waals surface area contributed by atoms with E-state index in [-0.39, 0.29) is 11.3 Å². The molecule has 3 heteroatoms. The van der Waals surface area contributed by atoms with Gasteiger partial charge in [-0.1, -0.05) is 33.8 Å². The third kappa shape index (κ3) is 3.84. The van der Waals surface area contributed by atoms with E-state index in [0.717, 1.165) is 12.0 Å². The first kappa shape index (κ1) is 13.7. The van der Waals surface area contributed by atoms with E-state index in [0.29, 0.717) is 12.5 Å². The maximum Gasteiger partial charge on any atom is 0.225 e. The topological polar surface area (TPSA) is 42.0 Å². The van der Waals surface area contributed by atoms with Crippen molar-refractivity contribution in [2.45, 2.75) is 34.1 Å². The molecule has 1 rings (SSSR count). The van der Waals surface area contributed by atoms with Crippen molar-refractivity contribution in [3.05, 3.63) is 30.1 Å². The summed E-state index contributed by atoms with van der Waals surface area (Å²) in [6.07, 6.45) is 4.41. The summed E-state index contributed by atoms with van der Waals surface area (Å²) in [5.41, 5.74) is 0.838. The van der Waals surface area contributed by atoms with Crippen molar-refractivity contribution in [1.29, 1.82) is 0 Å². The Bertz CT molecular complexity index is 358. The summed E-state index contributed by atoms with van der Waals surface area (Å²) in [5, 5.41) is 2.99. The average Bonchev–Trinajstić information content (AvgIpc) is 2.30. The molecule has 0 bridgehead atoms. The fraction of sp³-hybridized carbons (Fsp3) is 0.571. The Kier molecular flexibility index (Phi) is 4.67. The smallest absolute Gasteiger partial charge is 0.225 e. The second-order valence-electron chi connectivity index (χ2n) is 5.24. The van der Waals surface area contributed by atoms with Gasteiger partial charge in [-0.15, -0.1) is 0 Å². The van der Waals surface area contributed by atoms with Crippen LogP contribution in [0, 0.1) is 11.3 Å². The van der Waals surface area contributed by atoms with Crippen LogP contribution in [0.3, 0.4) is 0 Å². The highest BCUT2D eigenvalue weighted by atomic mass is 16.2. The summed E-state index contributed by atoms with van der Waals surface area (Å²) in [6, 6.07) is 3.93. The minimum atomic E-state index is -0.311. The van der Waals surface area contributed by atoms with Gasteiger partial charge in [0.1, 0.15) is 0 Å². The lowest BCUT2D eigenvalue weighted by Crippen LogP contribution is -2.41. The van der Waals surface area contributed by atoms with Crippen LogP contribution in [-0.4, -0.2) is 17.4 Å². The number of carbonyl (C=O) groups excluding carboxylic acids is 1. The van der Waals surface area contributed by atoms with E-state index in [1.807, 2.05) is 32.2 Å². The summed E-state index contributed by atoms with van der Waals surface area (Å²) < 4.78 is 0. The Labute approximate surface area is 104 Å². The molecule has 3 nitrogen and oxygen atoms in total. The molecule has 0 aliphatic heterocycles. The quantitative estimate of drug-likeness (QED) is 0.850. The predicted octanol–water partition coefficient (Wildman–Crippen LogP) is 2.42. The van der Waals surface area contributed by atoms with Crippen LogP contribution in [0.2, 0.25) is 0 Å². The molecule has 17 heavy (non-hydrogen) atoms. The first-order valence-electron chi connectivity index (χ1n) is 6.12. The van der Waals surface area contributed by atoms with Gasteiger partial charge >= 0.3 is 0 Å². The van der Waals surface area contributed by atoms with Gasteiger partial charge in [0.25, 0.3) is 0 Å². The number of hydrogen-bond acceptors (Lipinski definition) is 2. The Morgan fingerprint density at radius 1 is 1.47 bits per heavy atom. The van der Waals surface area contributed by atoms with Gasteiger partial charge in [0, 0.05) is 24.4 Å². The van der Waals surface area contributed by atoms with Crippen molar-refractivity contribution < 1.29 is 4.79 Å². The number of rotatable bonds is 5. The van der Waals surface area contributed by atoms with Gasteiger partial charge in [-0.05, 0) is 24.0 Å². The molecule has 0 aromatic carbocycles. The lowest BCUT2D eigenvalue weighted by atomic mass is 9.80. The standard InChI is InChI=1S/C14H22N2O/c1-11(2)14(3,4)13(17)16-9-7-12-6-5-8-15-10-12/h5-6,8,10-11H,7,9H2,1-4H3,(H,16,17). The summed E-state index contributed by atoms with van der Waals surface area (Å²) in [7, 11) is 0. The van der Waals surface area contributed by atoms with Gasteiger partial charge in [-0.3, -0.25) is 9.78 Å². The molecular formula is C14H22N2O. The van der Waals surface area contributed by atoms with Crippen LogP contribution in [0.25, 0.3) is 0 Å². The van der Waals surface area contributed by atoms with E-state index < -0.39 is 0 Å². The zero-order chi connectivity index (χ0) is 12.9. The summed E-state index contributed by atoms with van der Waals surface area (Å²) in [4.78, 5) is 16.0. The van der Waals surface area contributed by atoms with Crippen molar-refractivity contribution in [2.75, 3.05) is 6.54 Å². The second kappa shape index (κ2) is 5.80. The number of nitrogens with zero attached hydrogens (tertiary/aromatic N) is 1. The molecule has 0 atom stereocenters. The minimum absolute atomic E-state index is 0.122. The predicted molar refractivity (Wildman–Crippen MR) is 69.6 cm³/mol. The Balaban J connectivity index is 2.40. The fourth-order valence-corrected chi connectivity index (χ4v) is 1.36. The Hall–Kier alpha value is -1.38. The summed E-state index contributed by atoms with van der Waals surface area (Å²) in [5.74, 6) is 0.456. The van der Waals surface area contributed by atoms with Gasteiger partial charge < -0.3 is 5.32 Å². The number of pyridine rings is 1. The highest BCUT2D eigenvalue weighted by Crippen LogP contribution is 2.25. The number of carbonyl (C=O) groups is 1. The first-order chi connectivity index (χ1) is 7.94. The van der Waals surface area contributed by atoms with Crippen LogP contribution >= 0.6 is 0 Å². The zero-order valence-electron chi connectivity index (χ0n) is 11.2. The molecule has 0 radical (unpaired) electrons. The zero-order valence-corrected chi connectivity index (χ0v) is 11.2. The first-order valence-corrected chi connectivity index (χ1v) is 6.12. The van der Waals surface area contributed by atoms with Crippen LogP contribution in [0.5, 0.6) is 0 Å². The van der Waals surface area contributed by atoms with Crippen molar-refractivity contribution in [1.82, 2.24) is 10.3 Å². The highest BCUT2D eigenvalue weighted by molar-refractivity contribution is 5.82. The monoisotopic (exact) mass is 234 g/mol. The molecular weight excluding hydrogens is 212 g/mol. The molecule has 1 aromatic heterocycles. The average molecular weight is 234 g/mol. The van der Waals surface area contributed by atoms with Crippen LogP contribution in [-0.2, 0) is 11.2 Å². The number of nitrogens with one attached hydrogen (secondary N) is 1. The highest BCUT2D eigenvalue weighted by Gasteiger charge is 2.30. The third-order valence-corrected chi connectivity index (χ3v) is 3.45. The van der Waals surface area contributed by atoms with Crippen molar-refractivity contribution in [3.8, 4) is 0 Å². The van der Waals surface area contributed by atoms with Crippen LogP contribution in [0.15, 0.2) is 24.5 Å². The maximum absolute atomic E-state index is 12.0. The molecule has 0 spiro atoms. The molecule has 0 fully saturated rings. The molecule has 1 N–H and O–H groups in total. The van der Waals surface area contributed by atoms with Gasteiger partial charge in [-0.25, -0.2) is 0 Å². The van der Waals surface area contributed by atoms with Crippen molar-refractivity contribution >= 4 is 5.91 Å². The molecule has 1 heterocycles. The van der Waals surface area contributed by atoms with Crippen LogP contribution in [0.4, 0.5) is 0 Å². The van der Waals surface area contributed by atoms with E-state index >= 15 is 0 Å². The normalized spacial score (nSPS) is 11.6. The molecule has 0 saturated heterocycles. The largest absolute Gasteiger partial charge is 0.355 e. The van der Waals surface area contributed by atoms with Gasteiger partial charge in [-0.2, -0.15) is 0 Å². The van der Waals surface area contributed by atoms with E-state index in [2.05, 4.69) is 24.1 Å². The lowest BCUT2D eigenvalue weighted by molar-refractivity contribution is -0.131. The van der Waals surface area contributed by atoms with Crippen LogP contribution < -0.4 is 5.32 Å². The molecule has 1 aromatic rings. The van der Waals surface area contributed by atoms with Crippen LogP contribution in [0.1, 0.15) is 33.3 Å². The van der Waals surface area contributed by atoms with Crippen molar-refractivity contribution in [2.24, 2.45) is 11.3 Å². The Morgan fingerprint density at radius 2 is 2.18 bits per heavy atom. The molecule has 94 valence electrons. The number of hydrogen-bond donors (Lipinski definition) is 1. The number of amides is 1. The maximum atomic E-state index is 12.0. The Morgan fingerprint density at radius 3 is 2.71 bits per heavy atom. The SMILES string of the molecule is CC(C)C(C)(C)C(=O)NCCc1cccnc1. The number of aromatic nitrogens is 1. The van der Waals surface area contributed by atoms with E-state index in [1.54, 1.807) is 6.20 Å². The van der Waals surface area contributed by atoms with Crippen molar-refractivity contribution in [3.63, 3.8) is 0 Å². The fourth-order valence-electron chi connectivity index (χ4n) is 1.36. The second-order valence-corrected chi connectivity index (χ2v) is 5.24. The molecule has 0 unspecified atom stereocenters. The van der Waals surface area contributed by atoms with E-state index in [4.69, 9.17) is 0 Å². The van der Waals surface area contributed by atoms with Gasteiger partial charge in [0.15, 0.2) is 0 Å². The summed E-state index contributed by atoms with van der Waals surface area (Å²) in [6.45, 7) is 8.77. The minimum Gasteiger partial charge on any atom is -0.355 e. The lowest BCUT2D eigenvalue weighted by Gasteiger charge is -2.27.